The van der Waals surface area contributed by atoms with Gasteiger partial charge in [-0.3, -0.25) is 9.59 Å². The van der Waals surface area contributed by atoms with Crippen molar-refractivity contribution in [2.45, 2.75) is 76.4 Å². The van der Waals surface area contributed by atoms with Crippen molar-refractivity contribution >= 4 is 28.7 Å². The molecule has 3 heterocycles. The van der Waals surface area contributed by atoms with Gasteiger partial charge >= 0.3 is 6.03 Å². The van der Waals surface area contributed by atoms with Crippen LogP contribution in [0.2, 0.25) is 0 Å². The fraction of sp³-hybridized carbons (Fsp3) is 0.542. The molecule has 2 aromatic rings. The Morgan fingerprint density at radius 3 is 2.61 bits per heavy atom. The predicted octanol–water partition coefficient (Wildman–Crippen LogP) is 3.43. The zero-order valence-corrected chi connectivity index (χ0v) is 18.2. The van der Waals surface area contributed by atoms with Gasteiger partial charge in [0.05, 0.1) is 5.69 Å². The number of fused-ring (bicyclic) bond motifs is 5. The Balaban J connectivity index is 1.44. The third-order valence-corrected chi connectivity index (χ3v) is 7.47. The minimum absolute atomic E-state index is 0.128. The number of nitrogens with one attached hydrogen (secondary N) is 2. The molecule has 3 aliphatic rings. The van der Waals surface area contributed by atoms with E-state index in [0.29, 0.717) is 13.0 Å². The molecule has 2 atom stereocenters. The number of imide groups is 1. The number of nitrogens with zero attached hydrogens (tertiary/aromatic N) is 2. The molecule has 5 rings (SSSR count). The Kier molecular flexibility index (Phi) is 4.79. The topological polar surface area (TPSA) is 85.5 Å². The molecular weight excluding hydrogens is 392 g/mol. The third-order valence-electron chi connectivity index (χ3n) is 7.47. The van der Waals surface area contributed by atoms with Crippen LogP contribution in [-0.2, 0) is 21.5 Å². The Morgan fingerprint density at radius 1 is 1.16 bits per heavy atom. The number of carbonyl (C=O) groups excluding carboxylic acids is 3. The molecule has 1 aromatic carbocycles. The maximum Gasteiger partial charge on any atom is 0.328 e. The lowest BCUT2D eigenvalue weighted by Crippen LogP contribution is -2.51. The van der Waals surface area contributed by atoms with Gasteiger partial charge in [-0.25, -0.2) is 9.69 Å². The highest BCUT2D eigenvalue weighted by atomic mass is 16.2. The molecule has 1 aromatic heterocycles. The summed E-state index contributed by atoms with van der Waals surface area (Å²) in [6, 6.07) is 6.90. The second-order valence-electron chi connectivity index (χ2n) is 9.33. The molecule has 1 aliphatic carbocycles. The first-order valence-corrected chi connectivity index (χ1v) is 11.5. The van der Waals surface area contributed by atoms with Gasteiger partial charge in [0.25, 0.3) is 5.91 Å². The lowest BCUT2D eigenvalue weighted by Gasteiger charge is -2.36. The van der Waals surface area contributed by atoms with E-state index in [1.165, 1.54) is 17.7 Å². The van der Waals surface area contributed by atoms with Crippen molar-refractivity contribution in [3.8, 4) is 0 Å². The molecule has 0 unspecified atom stereocenters. The fourth-order valence-electron chi connectivity index (χ4n) is 5.62. The Morgan fingerprint density at radius 2 is 1.87 bits per heavy atom. The van der Waals surface area contributed by atoms with Crippen molar-refractivity contribution < 1.29 is 14.4 Å². The van der Waals surface area contributed by atoms with Gasteiger partial charge in [-0.15, -0.1) is 0 Å². The summed E-state index contributed by atoms with van der Waals surface area (Å²) in [5.41, 5.74) is 1.72. The van der Waals surface area contributed by atoms with Crippen molar-refractivity contribution in [1.29, 1.82) is 0 Å². The number of rotatable bonds is 3. The largest absolute Gasteiger partial charge is 0.356 e. The average Bonchev–Trinajstić information content (AvgIpc) is 3.08. The van der Waals surface area contributed by atoms with Crippen molar-refractivity contribution in [3.05, 3.63) is 35.5 Å². The Bertz CT molecular complexity index is 1050. The first kappa shape index (κ1) is 20.1. The van der Waals surface area contributed by atoms with E-state index >= 15 is 0 Å². The minimum Gasteiger partial charge on any atom is -0.356 e. The predicted molar refractivity (Wildman–Crippen MR) is 117 cm³/mol. The molecule has 2 aliphatic heterocycles. The second-order valence-corrected chi connectivity index (χ2v) is 9.33. The van der Waals surface area contributed by atoms with E-state index in [9.17, 15) is 14.4 Å². The lowest BCUT2D eigenvalue weighted by molar-refractivity contribution is -0.139. The molecule has 164 valence electrons. The van der Waals surface area contributed by atoms with Crippen molar-refractivity contribution in [3.63, 3.8) is 0 Å². The molecule has 0 bridgehead atoms. The SMILES string of the molecule is C[C@@H](C(=O)NC1CCCCCC1)N1C(=O)N2CCc3c([nH]c4ccccc34)[C@@]2(C)C1=O. The average molecular weight is 423 g/mol. The summed E-state index contributed by atoms with van der Waals surface area (Å²) in [5.74, 6) is -0.567. The van der Waals surface area contributed by atoms with E-state index in [1.54, 1.807) is 18.7 Å². The Labute approximate surface area is 182 Å². The maximum absolute atomic E-state index is 13.7. The lowest BCUT2D eigenvalue weighted by atomic mass is 9.87. The van der Waals surface area contributed by atoms with Gasteiger partial charge in [0.1, 0.15) is 6.04 Å². The van der Waals surface area contributed by atoms with Gasteiger partial charge in [-0.1, -0.05) is 43.9 Å². The molecule has 1 saturated heterocycles. The van der Waals surface area contributed by atoms with Crippen LogP contribution in [0, 0.1) is 0 Å². The highest BCUT2D eigenvalue weighted by molar-refractivity contribution is 6.10. The summed E-state index contributed by atoms with van der Waals surface area (Å²) < 4.78 is 0. The number of aromatic amines is 1. The molecule has 2 N–H and O–H groups in total. The molecule has 0 radical (unpaired) electrons. The summed E-state index contributed by atoms with van der Waals surface area (Å²) in [6.07, 6.45) is 7.22. The van der Waals surface area contributed by atoms with Crippen LogP contribution in [0.5, 0.6) is 0 Å². The van der Waals surface area contributed by atoms with E-state index in [2.05, 4.69) is 10.3 Å². The van der Waals surface area contributed by atoms with Gasteiger partial charge in [0, 0.05) is 23.5 Å². The molecule has 7 heteroatoms. The second kappa shape index (κ2) is 7.39. The summed E-state index contributed by atoms with van der Waals surface area (Å²) >= 11 is 0. The van der Waals surface area contributed by atoms with Gasteiger partial charge < -0.3 is 15.2 Å². The van der Waals surface area contributed by atoms with Crippen LogP contribution in [0.15, 0.2) is 24.3 Å². The number of benzene rings is 1. The first-order valence-electron chi connectivity index (χ1n) is 11.5. The first-order chi connectivity index (χ1) is 14.9. The maximum atomic E-state index is 13.7. The Hall–Kier alpha value is -2.83. The number of hydrogen-bond donors (Lipinski definition) is 2. The monoisotopic (exact) mass is 422 g/mol. The molecular formula is C24H30N4O3. The van der Waals surface area contributed by atoms with E-state index in [4.69, 9.17) is 0 Å². The molecule has 7 nitrogen and oxygen atoms in total. The highest BCUT2D eigenvalue weighted by Crippen LogP contribution is 2.44. The van der Waals surface area contributed by atoms with E-state index in [1.807, 2.05) is 24.3 Å². The zero-order valence-electron chi connectivity index (χ0n) is 18.2. The molecule has 0 spiro atoms. The number of urea groups is 1. The summed E-state index contributed by atoms with van der Waals surface area (Å²) in [6.45, 7) is 3.93. The number of aromatic nitrogens is 1. The van der Waals surface area contributed by atoms with Crippen molar-refractivity contribution in [2.75, 3.05) is 6.54 Å². The highest BCUT2D eigenvalue weighted by Gasteiger charge is 2.60. The molecule has 1 saturated carbocycles. The van der Waals surface area contributed by atoms with Crippen LogP contribution >= 0.6 is 0 Å². The zero-order chi connectivity index (χ0) is 21.8. The summed E-state index contributed by atoms with van der Waals surface area (Å²) in [5, 5.41) is 4.19. The third kappa shape index (κ3) is 2.97. The number of H-pyrrole nitrogens is 1. The molecule has 4 amide bonds. The van der Waals surface area contributed by atoms with Crippen LogP contribution < -0.4 is 5.32 Å². The van der Waals surface area contributed by atoms with Gasteiger partial charge in [0.15, 0.2) is 5.54 Å². The minimum atomic E-state index is -1.11. The van der Waals surface area contributed by atoms with Crippen LogP contribution in [0.3, 0.4) is 0 Å². The van der Waals surface area contributed by atoms with Gasteiger partial charge in [-0.2, -0.15) is 0 Å². The number of para-hydroxylation sites is 1. The van der Waals surface area contributed by atoms with E-state index < -0.39 is 11.6 Å². The summed E-state index contributed by atoms with van der Waals surface area (Å²) in [4.78, 5) is 46.2. The standard InChI is InChI=1S/C24H30N4O3/c1-15(21(29)25-16-9-5-3-4-6-10-16)28-22(30)24(2)20-18(13-14-27(24)23(28)31)17-11-7-8-12-19(17)26-20/h7-8,11-12,15-16,26H,3-6,9-10,13-14H2,1-2H3,(H,25,29)/t15-,24-/m0/s1. The van der Waals surface area contributed by atoms with Gasteiger partial charge in [0.2, 0.25) is 5.91 Å². The normalized spacial score (nSPS) is 25.4. The van der Waals surface area contributed by atoms with Crippen LogP contribution in [0.25, 0.3) is 10.9 Å². The van der Waals surface area contributed by atoms with Crippen LogP contribution in [0.1, 0.15) is 63.6 Å². The van der Waals surface area contributed by atoms with E-state index in [0.717, 1.165) is 47.8 Å². The van der Waals surface area contributed by atoms with Crippen LogP contribution in [0.4, 0.5) is 4.79 Å². The number of amides is 4. The van der Waals surface area contributed by atoms with Crippen molar-refractivity contribution in [1.82, 2.24) is 20.1 Å². The molecule has 2 fully saturated rings. The fourth-order valence-corrected chi connectivity index (χ4v) is 5.62. The van der Waals surface area contributed by atoms with Gasteiger partial charge in [-0.05, 0) is 44.7 Å². The molecule has 31 heavy (non-hydrogen) atoms. The quantitative estimate of drug-likeness (QED) is 0.587. The van der Waals surface area contributed by atoms with Crippen molar-refractivity contribution in [2.24, 2.45) is 0 Å². The smallest absolute Gasteiger partial charge is 0.328 e. The number of hydrogen-bond acceptors (Lipinski definition) is 3. The van der Waals surface area contributed by atoms with E-state index in [-0.39, 0.29) is 23.9 Å². The van der Waals surface area contributed by atoms with Crippen LogP contribution in [-0.4, -0.2) is 51.3 Å². The summed E-state index contributed by atoms with van der Waals surface area (Å²) in [7, 11) is 0. The number of carbonyl (C=O) groups is 3.